The van der Waals surface area contributed by atoms with Crippen molar-refractivity contribution >= 4 is 29.3 Å². The average molecular weight is 269 g/mol. The second kappa shape index (κ2) is 6.66. The van der Waals surface area contributed by atoms with E-state index in [-0.39, 0.29) is 6.54 Å². The van der Waals surface area contributed by atoms with Crippen LogP contribution >= 0.6 is 11.6 Å². The van der Waals surface area contributed by atoms with Crippen LogP contribution in [0.2, 0.25) is 5.02 Å². The fourth-order valence-corrected chi connectivity index (χ4v) is 1.50. The molecule has 0 unspecified atom stereocenters. The Morgan fingerprint density at radius 2 is 2.22 bits per heavy atom. The third-order valence-corrected chi connectivity index (χ3v) is 2.29. The molecule has 0 bridgehead atoms. The summed E-state index contributed by atoms with van der Waals surface area (Å²) in [5.74, 6) is -1.11. The standard InChI is InChI=1S/C12H13ClN2O3/c1-2-6-14-12(18)15(8-11(16)17)10-5-3-4-9(13)7-10/h2-5,7H,1,6,8H2,(H,14,18)(H,16,17). The maximum atomic E-state index is 11.8. The number of urea groups is 1. The molecule has 0 aromatic heterocycles. The van der Waals surface area contributed by atoms with Crippen LogP contribution in [0.5, 0.6) is 0 Å². The molecular weight excluding hydrogens is 256 g/mol. The van der Waals surface area contributed by atoms with E-state index in [2.05, 4.69) is 11.9 Å². The summed E-state index contributed by atoms with van der Waals surface area (Å²) in [4.78, 5) is 23.7. The van der Waals surface area contributed by atoms with Crippen molar-refractivity contribution < 1.29 is 14.7 Å². The number of carbonyl (C=O) groups is 2. The van der Waals surface area contributed by atoms with Crippen LogP contribution in [0.15, 0.2) is 36.9 Å². The Morgan fingerprint density at radius 1 is 1.50 bits per heavy atom. The maximum Gasteiger partial charge on any atom is 0.323 e. The monoisotopic (exact) mass is 268 g/mol. The molecule has 96 valence electrons. The molecular formula is C12H13ClN2O3. The smallest absolute Gasteiger partial charge is 0.323 e. The number of carboxylic acids is 1. The van der Waals surface area contributed by atoms with Crippen LogP contribution in [0.1, 0.15) is 0 Å². The normalized spacial score (nSPS) is 9.61. The van der Waals surface area contributed by atoms with Gasteiger partial charge in [-0.3, -0.25) is 9.69 Å². The third kappa shape index (κ3) is 4.10. The van der Waals surface area contributed by atoms with Gasteiger partial charge in [-0.25, -0.2) is 4.79 Å². The van der Waals surface area contributed by atoms with Gasteiger partial charge in [-0.15, -0.1) is 6.58 Å². The molecule has 2 N–H and O–H groups in total. The van der Waals surface area contributed by atoms with Gasteiger partial charge in [-0.05, 0) is 18.2 Å². The van der Waals surface area contributed by atoms with Gasteiger partial charge < -0.3 is 10.4 Å². The largest absolute Gasteiger partial charge is 0.480 e. The number of hydrogen-bond donors (Lipinski definition) is 2. The summed E-state index contributed by atoms with van der Waals surface area (Å²) < 4.78 is 0. The lowest BCUT2D eigenvalue weighted by molar-refractivity contribution is -0.135. The van der Waals surface area contributed by atoms with E-state index < -0.39 is 18.5 Å². The number of anilines is 1. The Labute approximate surface area is 110 Å². The minimum atomic E-state index is -1.11. The summed E-state index contributed by atoms with van der Waals surface area (Å²) in [5.41, 5.74) is 0.423. The zero-order valence-corrected chi connectivity index (χ0v) is 10.4. The number of carboxylic acid groups (broad SMARTS) is 1. The highest BCUT2D eigenvalue weighted by atomic mass is 35.5. The van der Waals surface area contributed by atoms with Crippen LogP contribution in [-0.2, 0) is 4.79 Å². The van der Waals surface area contributed by atoms with E-state index in [1.165, 1.54) is 12.1 Å². The van der Waals surface area contributed by atoms with Crippen molar-refractivity contribution in [2.24, 2.45) is 0 Å². The van der Waals surface area contributed by atoms with Crippen LogP contribution < -0.4 is 10.2 Å². The van der Waals surface area contributed by atoms with E-state index in [1.54, 1.807) is 18.2 Å². The van der Waals surface area contributed by atoms with Gasteiger partial charge in [0.2, 0.25) is 0 Å². The lowest BCUT2D eigenvalue weighted by Gasteiger charge is -2.21. The second-order valence-electron chi connectivity index (χ2n) is 3.43. The van der Waals surface area contributed by atoms with Crippen molar-refractivity contribution in [1.29, 1.82) is 0 Å². The third-order valence-electron chi connectivity index (χ3n) is 2.06. The fourth-order valence-electron chi connectivity index (χ4n) is 1.31. The van der Waals surface area contributed by atoms with E-state index in [1.807, 2.05) is 0 Å². The van der Waals surface area contributed by atoms with Gasteiger partial charge in [0, 0.05) is 17.3 Å². The molecule has 2 amide bonds. The summed E-state index contributed by atoms with van der Waals surface area (Å²) in [6.45, 7) is 3.29. The molecule has 0 saturated carbocycles. The molecule has 0 radical (unpaired) electrons. The van der Waals surface area contributed by atoms with Crippen molar-refractivity contribution in [3.8, 4) is 0 Å². The average Bonchev–Trinajstić information content (AvgIpc) is 2.32. The summed E-state index contributed by atoms with van der Waals surface area (Å²) in [6.07, 6.45) is 1.51. The van der Waals surface area contributed by atoms with Gasteiger partial charge in [0.1, 0.15) is 6.54 Å². The second-order valence-corrected chi connectivity index (χ2v) is 3.87. The first-order chi connectivity index (χ1) is 8.54. The highest BCUT2D eigenvalue weighted by molar-refractivity contribution is 6.30. The van der Waals surface area contributed by atoms with Crippen LogP contribution in [0.25, 0.3) is 0 Å². The molecule has 0 aliphatic carbocycles. The van der Waals surface area contributed by atoms with Crippen molar-refractivity contribution in [3.63, 3.8) is 0 Å². The minimum Gasteiger partial charge on any atom is -0.480 e. The predicted octanol–water partition coefficient (Wildman–Crippen LogP) is 2.13. The number of hydrogen-bond acceptors (Lipinski definition) is 2. The molecule has 0 saturated heterocycles. The molecule has 0 aliphatic heterocycles. The first-order valence-electron chi connectivity index (χ1n) is 5.18. The number of aliphatic carboxylic acids is 1. The van der Waals surface area contributed by atoms with Gasteiger partial charge in [-0.2, -0.15) is 0 Å². The van der Waals surface area contributed by atoms with Gasteiger partial charge >= 0.3 is 12.0 Å². The number of nitrogens with one attached hydrogen (secondary N) is 1. The van der Waals surface area contributed by atoms with E-state index in [9.17, 15) is 9.59 Å². The van der Waals surface area contributed by atoms with Crippen LogP contribution in [0, 0.1) is 0 Å². The molecule has 18 heavy (non-hydrogen) atoms. The van der Waals surface area contributed by atoms with Crippen LogP contribution in [-0.4, -0.2) is 30.2 Å². The van der Waals surface area contributed by atoms with E-state index in [4.69, 9.17) is 16.7 Å². The summed E-state index contributed by atoms with van der Waals surface area (Å²) in [5, 5.41) is 11.8. The summed E-state index contributed by atoms with van der Waals surface area (Å²) >= 11 is 5.81. The van der Waals surface area contributed by atoms with E-state index in [0.717, 1.165) is 4.90 Å². The first kappa shape index (κ1) is 14.1. The Hall–Kier alpha value is -2.01. The molecule has 0 atom stereocenters. The van der Waals surface area contributed by atoms with Gasteiger partial charge in [0.05, 0.1) is 0 Å². The summed E-state index contributed by atoms with van der Waals surface area (Å²) in [7, 11) is 0. The Bertz CT molecular complexity index is 462. The highest BCUT2D eigenvalue weighted by Crippen LogP contribution is 2.19. The first-order valence-corrected chi connectivity index (χ1v) is 5.56. The molecule has 5 nitrogen and oxygen atoms in total. The number of rotatable bonds is 5. The lowest BCUT2D eigenvalue weighted by Crippen LogP contribution is -2.43. The quantitative estimate of drug-likeness (QED) is 0.804. The van der Waals surface area contributed by atoms with Crippen molar-refractivity contribution in [2.75, 3.05) is 18.0 Å². The molecule has 0 aliphatic rings. The molecule has 1 aromatic rings. The van der Waals surface area contributed by atoms with Gasteiger partial charge in [-0.1, -0.05) is 23.7 Å². The zero-order chi connectivity index (χ0) is 13.5. The van der Waals surface area contributed by atoms with Crippen LogP contribution in [0.4, 0.5) is 10.5 Å². The maximum absolute atomic E-state index is 11.8. The lowest BCUT2D eigenvalue weighted by atomic mass is 10.3. The number of carbonyl (C=O) groups excluding carboxylic acids is 1. The molecule has 0 heterocycles. The van der Waals surface area contributed by atoms with E-state index in [0.29, 0.717) is 10.7 Å². The van der Waals surface area contributed by atoms with Gasteiger partial charge in [0.25, 0.3) is 0 Å². The van der Waals surface area contributed by atoms with Gasteiger partial charge in [0.15, 0.2) is 0 Å². The van der Waals surface area contributed by atoms with Crippen molar-refractivity contribution in [2.45, 2.75) is 0 Å². The van der Waals surface area contributed by atoms with Crippen molar-refractivity contribution in [3.05, 3.63) is 41.9 Å². The minimum absolute atomic E-state index is 0.259. The highest BCUT2D eigenvalue weighted by Gasteiger charge is 2.18. The summed E-state index contributed by atoms with van der Waals surface area (Å²) in [6, 6.07) is 5.92. The Morgan fingerprint density at radius 3 is 2.78 bits per heavy atom. The van der Waals surface area contributed by atoms with Crippen molar-refractivity contribution in [1.82, 2.24) is 5.32 Å². The Kier molecular flexibility index (Phi) is 5.20. The molecule has 6 heteroatoms. The molecule has 1 rings (SSSR count). The van der Waals surface area contributed by atoms with E-state index >= 15 is 0 Å². The zero-order valence-electron chi connectivity index (χ0n) is 9.60. The molecule has 1 aromatic carbocycles. The predicted molar refractivity (Wildman–Crippen MR) is 70.0 cm³/mol. The SMILES string of the molecule is C=CCNC(=O)N(CC(=O)O)c1cccc(Cl)c1. The number of nitrogens with zero attached hydrogens (tertiary/aromatic N) is 1. The number of amides is 2. The number of halogens is 1. The fraction of sp³-hybridized carbons (Fsp3) is 0.167. The topological polar surface area (TPSA) is 69.6 Å². The van der Waals surface area contributed by atoms with Crippen LogP contribution in [0.3, 0.4) is 0 Å². The number of benzene rings is 1. The molecule has 0 fully saturated rings. The molecule has 0 spiro atoms. The Balaban J connectivity index is 2.93.